The molecule has 2 aromatic heterocycles. The molecule has 1 N–H and O–H groups in total. The number of rotatable bonds is 4. The van der Waals surface area contributed by atoms with Crippen LogP contribution >= 0.6 is 23.2 Å². The molecule has 8 heteroatoms. The fourth-order valence-corrected chi connectivity index (χ4v) is 3.01. The SMILES string of the molecule is Cc1nn(-c2ccc(F)cc2)cc1-c1ccnc(Nc2ccc(Cl)c(Cl)c2)n1. The van der Waals surface area contributed by atoms with Crippen LogP contribution in [0.5, 0.6) is 0 Å². The molecule has 2 aromatic carbocycles. The average Bonchev–Trinajstić information content (AvgIpc) is 3.07. The summed E-state index contributed by atoms with van der Waals surface area (Å²) in [6.45, 7) is 1.89. The van der Waals surface area contributed by atoms with E-state index >= 15 is 0 Å². The molecule has 0 saturated carbocycles. The van der Waals surface area contributed by atoms with E-state index in [4.69, 9.17) is 23.2 Å². The van der Waals surface area contributed by atoms with Crippen molar-refractivity contribution in [3.05, 3.63) is 82.5 Å². The van der Waals surface area contributed by atoms with Gasteiger partial charge in [0.05, 0.1) is 27.1 Å². The van der Waals surface area contributed by atoms with Gasteiger partial charge in [-0.3, -0.25) is 0 Å². The van der Waals surface area contributed by atoms with Crippen LogP contribution in [0.2, 0.25) is 10.0 Å². The van der Waals surface area contributed by atoms with Gasteiger partial charge < -0.3 is 5.32 Å². The minimum Gasteiger partial charge on any atom is -0.324 e. The van der Waals surface area contributed by atoms with Crippen LogP contribution in [-0.4, -0.2) is 19.7 Å². The number of aryl methyl sites for hydroxylation is 1. The van der Waals surface area contributed by atoms with Crippen LogP contribution in [-0.2, 0) is 0 Å². The van der Waals surface area contributed by atoms with Gasteiger partial charge in [0, 0.05) is 23.6 Å². The first-order valence-corrected chi connectivity index (χ1v) is 9.13. The van der Waals surface area contributed by atoms with Gasteiger partial charge in [0.25, 0.3) is 0 Å². The third kappa shape index (κ3) is 3.83. The number of nitrogens with zero attached hydrogens (tertiary/aromatic N) is 4. The minimum absolute atomic E-state index is 0.290. The van der Waals surface area contributed by atoms with Crippen molar-refractivity contribution in [3.63, 3.8) is 0 Å². The first-order chi connectivity index (χ1) is 13.5. The first-order valence-electron chi connectivity index (χ1n) is 8.37. The Hall–Kier alpha value is -2.96. The Morgan fingerprint density at radius 3 is 2.54 bits per heavy atom. The van der Waals surface area contributed by atoms with Crippen molar-refractivity contribution in [2.45, 2.75) is 6.92 Å². The van der Waals surface area contributed by atoms with Crippen LogP contribution in [0.4, 0.5) is 16.0 Å². The van der Waals surface area contributed by atoms with E-state index < -0.39 is 0 Å². The quantitative estimate of drug-likeness (QED) is 0.457. The first kappa shape index (κ1) is 18.4. The summed E-state index contributed by atoms with van der Waals surface area (Å²) in [6, 6.07) is 13.1. The van der Waals surface area contributed by atoms with Gasteiger partial charge in [0.2, 0.25) is 5.95 Å². The predicted molar refractivity (Wildman–Crippen MR) is 109 cm³/mol. The van der Waals surface area contributed by atoms with Gasteiger partial charge in [-0.1, -0.05) is 23.2 Å². The van der Waals surface area contributed by atoms with Gasteiger partial charge in [-0.2, -0.15) is 5.10 Å². The summed E-state index contributed by atoms with van der Waals surface area (Å²) in [5.41, 5.74) is 3.85. The lowest BCUT2D eigenvalue weighted by Crippen LogP contribution is -1.98. The molecule has 0 radical (unpaired) electrons. The Balaban J connectivity index is 1.64. The molecule has 4 rings (SSSR count). The van der Waals surface area contributed by atoms with Crippen molar-refractivity contribution in [2.24, 2.45) is 0 Å². The maximum absolute atomic E-state index is 13.2. The molecule has 0 spiro atoms. The molecule has 0 bridgehead atoms. The molecule has 0 unspecified atom stereocenters. The highest BCUT2D eigenvalue weighted by Crippen LogP contribution is 2.27. The minimum atomic E-state index is -0.290. The molecule has 5 nitrogen and oxygen atoms in total. The van der Waals surface area contributed by atoms with E-state index in [1.165, 1.54) is 12.1 Å². The Labute approximate surface area is 170 Å². The van der Waals surface area contributed by atoms with E-state index in [2.05, 4.69) is 20.4 Å². The zero-order chi connectivity index (χ0) is 19.7. The lowest BCUT2D eigenvalue weighted by Gasteiger charge is -2.07. The number of aromatic nitrogens is 4. The molecule has 0 aliphatic carbocycles. The summed E-state index contributed by atoms with van der Waals surface area (Å²) in [5, 5.41) is 8.54. The second kappa shape index (κ2) is 7.58. The summed E-state index contributed by atoms with van der Waals surface area (Å²) in [5.74, 6) is 0.131. The van der Waals surface area contributed by atoms with Crippen LogP contribution in [0.3, 0.4) is 0 Å². The fraction of sp³-hybridized carbons (Fsp3) is 0.0500. The number of benzene rings is 2. The zero-order valence-electron chi connectivity index (χ0n) is 14.7. The van der Waals surface area contributed by atoms with E-state index in [-0.39, 0.29) is 5.82 Å². The molecular weight excluding hydrogens is 400 g/mol. The summed E-state index contributed by atoms with van der Waals surface area (Å²) >= 11 is 12.0. The standard InChI is InChI=1S/C20H14Cl2FN5/c1-12-16(11-28(27-12)15-5-2-13(23)3-6-15)19-8-9-24-20(26-19)25-14-4-7-17(21)18(22)10-14/h2-11H,1H3,(H,24,25,26). The number of hydrogen-bond acceptors (Lipinski definition) is 4. The molecule has 0 saturated heterocycles. The van der Waals surface area contributed by atoms with Crippen molar-refractivity contribution >= 4 is 34.8 Å². The third-order valence-electron chi connectivity index (χ3n) is 4.10. The van der Waals surface area contributed by atoms with Crippen molar-refractivity contribution in [1.29, 1.82) is 0 Å². The summed E-state index contributed by atoms with van der Waals surface area (Å²) in [7, 11) is 0. The van der Waals surface area contributed by atoms with Crippen molar-refractivity contribution in [1.82, 2.24) is 19.7 Å². The van der Waals surface area contributed by atoms with Crippen molar-refractivity contribution in [3.8, 4) is 16.9 Å². The van der Waals surface area contributed by atoms with E-state index in [0.717, 1.165) is 22.6 Å². The highest BCUT2D eigenvalue weighted by Gasteiger charge is 2.11. The predicted octanol–water partition coefficient (Wildman–Crippen LogP) is 5.83. The average molecular weight is 414 g/mol. The molecular formula is C20H14Cl2FN5. The molecule has 0 aliphatic rings. The van der Waals surface area contributed by atoms with E-state index in [0.29, 0.717) is 21.7 Å². The number of nitrogens with one attached hydrogen (secondary N) is 1. The molecule has 140 valence electrons. The molecule has 0 aliphatic heterocycles. The second-order valence-electron chi connectivity index (χ2n) is 6.07. The Morgan fingerprint density at radius 2 is 1.79 bits per heavy atom. The Morgan fingerprint density at radius 1 is 1.00 bits per heavy atom. The summed E-state index contributed by atoms with van der Waals surface area (Å²) < 4.78 is 14.8. The van der Waals surface area contributed by atoms with Crippen molar-refractivity contribution < 1.29 is 4.39 Å². The van der Waals surface area contributed by atoms with Gasteiger partial charge in [0.1, 0.15) is 5.82 Å². The van der Waals surface area contributed by atoms with Gasteiger partial charge in [0.15, 0.2) is 0 Å². The number of hydrogen-bond donors (Lipinski definition) is 1. The van der Waals surface area contributed by atoms with E-state index in [1.54, 1.807) is 47.3 Å². The largest absolute Gasteiger partial charge is 0.324 e. The smallest absolute Gasteiger partial charge is 0.227 e. The molecule has 28 heavy (non-hydrogen) atoms. The fourth-order valence-electron chi connectivity index (χ4n) is 2.71. The molecule has 2 heterocycles. The van der Waals surface area contributed by atoms with Crippen LogP contribution in [0, 0.1) is 12.7 Å². The number of halogens is 3. The maximum Gasteiger partial charge on any atom is 0.227 e. The van der Waals surface area contributed by atoms with Gasteiger partial charge >= 0.3 is 0 Å². The molecule has 0 fully saturated rings. The van der Waals surface area contributed by atoms with Crippen LogP contribution in [0.15, 0.2) is 60.9 Å². The summed E-state index contributed by atoms with van der Waals surface area (Å²) in [6.07, 6.45) is 3.52. The van der Waals surface area contributed by atoms with Crippen LogP contribution < -0.4 is 5.32 Å². The van der Waals surface area contributed by atoms with E-state index in [9.17, 15) is 4.39 Å². The zero-order valence-corrected chi connectivity index (χ0v) is 16.2. The van der Waals surface area contributed by atoms with Crippen LogP contribution in [0.25, 0.3) is 16.9 Å². The highest BCUT2D eigenvalue weighted by atomic mass is 35.5. The van der Waals surface area contributed by atoms with Gasteiger partial charge in [-0.25, -0.2) is 19.0 Å². The molecule has 0 atom stereocenters. The van der Waals surface area contributed by atoms with Gasteiger partial charge in [-0.05, 0) is 55.5 Å². The van der Waals surface area contributed by atoms with Crippen LogP contribution in [0.1, 0.15) is 5.69 Å². The normalized spacial score (nSPS) is 10.9. The lowest BCUT2D eigenvalue weighted by molar-refractivity contribution is 0.627. The third-order valence-corrected chi connectivity index (χ3v) is 4.84. The highest BCUT2D eigenvalue weighted by molar-refractivity contribution is 6.42. The second-order valence-corrected chi connectivity index (χ2v) is 6.88. The monoisotopic (exact) mass is 413 g/mol. The lowest BCUT2D eigenvalue weighted by atomic mass is 10.2. The Kier molecular flexibility index (Phi) is 4.98. The van der Waals surface area contributed by atoms with E-state index in [1.807, 2.05) is 13.1 Å². The summed E-state index contributed by atoms with van der Waals surface area (Å²) in [4.78, 5) is 8.81. The molecule has 4 aromatic rings. The topological polar surface area (TPSA) is 55.6 Å². The molecule has 0 amide bonds. The maximum atomic E-state index is 13.2. The Bertz CT molecular complexity index is 1140. The van der Waals surface area contributed by atoms with Crippen molar-refractivity contribution in [2.75, 3.05) is 5.32 Å². The number of anilines is 2. The van der Waals surface area contributed by atoms with Gasteiger partial charge in [-0.15, -0.1) is 0 Å².